The van der Waals surface area contributed by atoms with E-state index in [2.05, 4.69) is 4.72 Å². The molecule has 0 bridgehead atoms. The minimum atomic E-state index is -1.08. The molecular weight excluding hydrogens is 181 g/mol. The molecule has 1 aliphatic rings. The molecule has 1 unspecified atom stereocenters. The third-order valence-corrected chi connectivity index (χ3v) is 2.30. The van der Waals surface area contributed by atoms with Crippen molar-refractivity contribution >= 4 is 41.4 Å². The maximum Gasteiger partial charge on any atom is 0.179 e. The van der Waals surface area contributed by atoms with E-state index in [9.17, 15) is 4.79 Å². The highest BCUT2D eigenvalue weighted by atomic mass is 35.5. The zero-order valence-corrected chi connectivity index (χ0v) is 6.56. The van der Waals surface area contributed by atoms with E-state index in [1.165, 1.54) is 6.08 Å². The molecule has 1 rings (SSSR count). The fraction of sp³-hybridized carbons (Fsp3) is 0.250. The van der Waals surface area contributed by atoms with Crippen molar-refractivity contribution in [3.63, 3.8) is 0 Å². The molecule has 0 amide bonds. The van der Waals surface area contributed by atoms with Gasteiger partial charge in [-0.1, -0.05) is 23.2 Å². The van der Waals surface area contributed by atoms with Crippen LogP contribution in [0.3, 0.4) is 0 Å². The van der Waals surface area contributed by atoms with Crippen molar-refractivity contribution in [3.8, 4) is 0 Å². The Bertz CT molecular complexity index is 172. The van der Waals surface area contributed by atoms with Crippen molar-refractivity contribution in [2.75, 3.05) is 0 Å². The summed E-state index contributed by atoms with van der Waals surface area (Å²) in [5, 5.41) is 0. The highest BCUT2D eigenvalue weighted by Gasteiger charge is 2.29. The molecule has 2 nitrogen and oxygen atoms in total. The van der Waals surface area contributed by atoms with E-state index in [-0.39, 0.29) is 0 Å². The second kappa shape index (κ2) is 2.50. The lowest BCUT2D eigenvalue weighted by Crippen LogP contribution is -2.30. The standard InChI is InChI=1S/C4H3Cl2NOS/c5-3-1-4(6,2-8)7-9-3/h1-2,7H. The molecule has 0 aromatic rings. The van der Waals surface area contributed by atoms with E-state index in [1.807, 2.05) is 0 Å². The van der Waals surface area contributed by atoms with Gasteiger partial charge in [-0.15, -0.1) is 0 Å². The summed E-state index contributed by atoms with van der Waals surface area (Å²) in [7, 11) is 0. The first-order chi connectivity index (χ1) is 4.16. The summed E-state index contributed by atoms with van der Waals surface area (Å²) < 4.78 is 3.12. The molecule has 0 fully saturated rings. The summed E-state index contributed by atoms with van der Waals surface area (Å²) in [6, 6.07) is 0. The van der Waals surface area contributed by atoms with E-state index in [0.717, 1.165) is 11.9 Å². The topological polar surface area (TPSA) is 29.1 Å². The highest BCUT2D eigenvalue weighted by molar-refractivity contribution is 8.03. The molecule has 0 aliphatic carbocycles. The highest BCUT2D eigenvalue weighted by Crippen LogP contribution is 2.31. The summed E-state index contributed by atoms with van der Waals surface area (Å²) in [5.74, 6) is 0. The summed E-state index contributed by atoms with van der Waals surface area (Å²) in [6.07, 6.45) is 2.05. The average Bonchev–Trinajstić information content (AvgIpc) is 2.13. The zero-order chi connectivity index (χ0) is 6.91. The number of hydrogen-bond acceptors (Lipinski definition) is 3. The van der Waals surface area contributed by atoms with Crippen LogP contribution in [0, 0.1) is 0 Å². The Labute approximate surface area is 66.7 Å². The van der Waals surface area contributed by atoms with Crippen molar-refractivity contribution in [2.24, 2.45) is 0 Å². The fourth-order valence-corrected chi connectivity index (χ4v) is 1.65. The quantitative estimate of drug-likeness (QED) is 0.289. The molecule has 0 aromatic heterocycles. The number of nitrogens with one attached hydrogen (secondary N) is 1. The predicted octanol–water partition coefficient (Wildman–Crippen LogP) is 1.45. The van der Waals surface area contributed by atoms with Gasteiger partial charge in [0.2, 0.25) is 0 Å². The predicted molar refractivity (Wildman–Crippen MR) is 39.3 cm³/mol. The Morgan fingerprint density at radius 3 is 2.78 bits per heavy atom. The largest absolute Gasteiger partial charge is 0.299 e. The van der Waals surface area contributed by atoms with Crippen LogP contribution in [0.15, 0.2) is 10.4 Å². The SMILES string of the molecule is O=CC1(Cl)C=C(Cl)SN1. The van der Waals surface area contributed by atoms with Crippen LogP contribution in [0.1, 0.15) is 0 Å². The summed E-state index contributed by atoms with van der Waals surface area (Å²) in [4.78, 5) is 9.08. The molecule has 5 heteroatoms. The van der Waals surface area contributed by atoms with Gasteiger partial charge in [0.25, 0.3) is 0 Å². The first-order valence-electron chi connectivity index (χ1n) is 2.14. The smallest absolute Gasteiger partial charge is 0.179 e. The molecule has 0 saturated heterocycles. The maximum absolute atomic E-state index is 10.2. The number of carbonyl (C=O) groups excluding carboxylic acids is 1. The second-order valence-electron chi connectivity index (χ2n) is 1.54. The van der Waals surface area contributed by atoms with Crippen molar-refractivity contribution in [3.05, 3.63) is 10.4 Å². The minimum Gasteiger partial charge on any atom is -0.299 e. The Hall–Kier alpha value is 0.300. The van der Waals surface area contributed by atoms with Gasteiger partial charge in [-0.2, -0.15) is 0 Å². The minimum absolute atomic E-state index is 0.497. The Morgan fingerprint density at radius 2 is 2.56 bits per heavy atom. The van der Waals surface area contributed by atoms with Crippen LogP contribution in [0.4, 0.5) is 0 Å². The van der Waals surface area contributed by atoms with Gasteiger partial charge in [0, 0.05) is 0 Å². The van der Waals surface area contributed by atoms with Crippen LogP contribution in [-0.4, -0.2) is 11.3 Å². The first-order valence-corrected chi connectivity index (χ1v) is 3.71. The van der Waals surface area contributed by atoms with Gasteiger partial charge in [-0.3, -0.25) is 4.79 Å². The summed E-state index contributed by atoms with van der Waals surface area (Å²) in [5.41, 5.74) is 0. The molecule has 0 radical (unpaired) electrons. The zero-order valence-electron chi connectivity index (χ0n) is 4.23. The number of aldehydes is 1. The lowest BCUT2D eigenvalue weighted by Gasteiger charge is -2.07. The van der Waals surface area contributed by atoms with E-state index in [4.69, 9.17) is 23.2 Å². The summed E-state index contributed by atoms with van der Waals surface area (Å²) in [6.45, 7) is 0. The first kappa shape index (κ1) is 7.41. The van der Waals surface area contributed by atoms with Crippen molar-refractivity contribution in [1.82, 2.24) is 4.72 Å². The van der Waals surface area contributed by atoms with Crippen molar-refractivity contribution in [1.29, 1.82) is 0 Å². The van der Waals surface area contributed by atoms with Crippen LogP contribution in [-0.2, 0) is 4.79 Å². The van der Waals surface area contributed by atoms with Gasteiger partial charge < -0.3 is 0 Å². The molecule has 1 atom stereocenters. The van der Waals surface area contributed by atoms with Crippen LogP contribution in [0.5, 0.6) is 0 Å². The Balaban J connectivity index is 2.75. The van der Waals surface area contributed by atoms with Gasteiger partial charge in [0.05, 0.1) is 4.36 Å². The molecule has 1 heterocycles. The van der Waals surface area contributed by atoms with Crippen LogP contribution in [0.25, 0.3) is 0 Å². The van der Waals surface area contributed by atoms with E-state index < -0.39 is 5.00 Å². The Morgan fingerprint density at radius 1 is 1.89 bits per heavy atom. The fourth-order valence-electron chi connectivity index (χ4n) is 0.409. The lowest BCUT2D eigenvalue weighted by atomic mass is 10.3. The number of rotatable bonds is 1. The van der Waals surface area contributed by atoms with Crippen LogP contribution >= 0.6 is 35.1 Å². The third-order valence-electron chi connectivity index (χ3n) is 0.800. The molecule has 1 N–H and O–H groups in total. The monoisotopic (exact) mass is 183 g/mol. The molecular formula is C4H3Cl2NOS. The van der Waals surface area contributed by atoms with Gasteiger partial charge in [0.1, 0.15) is 0 Å². The van der Waals surface area contributed by atoms with Crippen molar-refractivity contribution in [2.45, 2.75) is 5.00 Å². The molecule has 1 aliphatic heterocycles. The van der Waals surface area contributed by atoms with Gasteiger partial charge >= 0.3 is 0 Å². The molecule has 0 aromatic carbocycles. The van der Waals surface area contributed by atoms with E-state index in [1.54, 1.807) is 0 Å². The molecule has 50 valence electrons. The Kier molecular flexibility index (Phi) is 2.06. The van der Waals surface area contributed by atoms with E-state index in [0.29, 0.717) is 10.7 Å². The van der Waals surface area contributed by atoms with Gasteiger partial charge in [-0.05, 0) is 18.0 Å². The van der Waals surface area contributed by atoms with Crippen molar-refractivity contribution < 1.29 is 4.79 Å². The lowest BCUT2D eigenvalue weighted by molar-refractivity contribution is -0.109. The number of halogens is 2. The molecule has 0 spiro atoms. The van der Waals surface area contributed by atoms with Gasteiger partial charge in [-0.25, -0.2) is 4.72 Å². The third kappa shape index (κ3) is 1.61. The number of hydrogen-bond donors (Lipinski definition) is 1. The summed E-state index contributed by atoms with van der Waals surface area (Å²) >= 11 is 12.2. The normalized spacial score (nSPS) is 34.2. The second-order valence-corrected chi connectivity index (χ2v) is 3.64. The molecule has 0 saturated carbocycles. The van der Waals surface area contributed by atoms with E-state index >= 15 is 0 Å². The average molecular weight is 184 g/mol. The molecule has 9 heavy (non-hydrogen) atoms. The maximum atomic E-state index is 10.2. The number of alkyl halides is 1. The van der Waals surface area contributed by atoms with Crippen LogP contribution < -0.4 is 4.72 Å². The van der Waals surface area contributed by atoms with Crippen LogP contribution in [0.2, 0.25) is 0 Å². The number of carbonyl (C=O) groups is 1. The van der Waals surface area contributed by atoms with Gasteiger partial charge in [0.15, 0.2) is 11.3 Å².